The summed E-state index contributed by atoms with van der Waals surface area (Å²) in [5.41, 5.74) is 8.94. The summed E-state index contributed by atoms with van der Waals surface area (Å²) in [4.78, 5) is 14.9. The molecule has 1 amide bonds. The van der Waals surface area contributed by atoms with E-state index in [1.54, 1.807) is 13.8 Å². The Hall–Kier alpha value is -1.76. The van der Waals surface area contributed by atoms with E-state index in [1.165, 1.54) is 0 Å². The van der Waals surface area contributed by atoms with E-state index in [2.05, 4.69) is 4.99 Å². The first-order chi connectivity index (χ1) is 9.04. The molecule has 0 aliphatic carbocycles. The van der Waals surface area contributed by atoms with Crippen molar-refractivity contribution in [3.63, 3.8) is 0 Å². The molecule has 0 saturated heterocycles. The van der Waals surface area contributed by atoms with E-state index < -0.39 is 23.6 Å². The van der Waals surface area contributed by atoms with Gasteiger partial charge in [-0.1, -0.05) is 25.4 Å². The van der Waals surface area contributed by atoms with E-state index in [1.807, 2.05) is 0 Å². The molecule has 0 unspecified atom stereocenters. The summed E-state index contributed by atoms with van der Waals surface area (Å²) in [6.07, 6.45) is -4.60. The molecule has 0 fully saturated rings. The van der Waals surface area contributed by atoms with Crippen molar-refractivity contribution >= 4 is 23.5 Å². The molecule has 0 spiro atoms. The first-order valence-corrected chi connectivity index (χ1v) is 5.96. The fourth-order valence-electron chi connectivity index (χ4n) is 1.56. The summed E-state index contributed by atoms with van der Waals surface area (Å²) in [6, 6.07) is 1.56. The Morgan fingerprint density at radius 3 is 2.25 bits per heavy atom. The number of carbonyl (C=O) groups excluding carboxylic acids is 1. The number of aliphatic imine (C=N–C) groups is 1. The molecule has 0 heterocycles. The second-order valence-electron chi connectivity index (χ2n) is 4.42. The molecular weight excluding hydrogens is 295 g/mol. The topological polar surface area (TPSA) is 81.5 Å². The van der Waals surface area contributed by atoms with Crippen LogP contribution in [0.5, 0.6) is 0 Å². The highest BCUT2D eigenvalue weighted by Gasteiger charge is 2.33. The molecule has 0 aromatic heterocycles. The van der Waals surface area contributed by atoms with Gasteiger partial charge in [-0.25, -0.2) is 0 Å². The predicted octanol–water partition coefficient (Wildman–Crippen LogP) is 2.90. The van der Waals surface area contributed by atoms with E-state index in [-0.39, 0.29) is 22.1 Å². The van der Waals surface area contributed by atoms with Gasteiger partial charge < -0.3 is 11.5 Å². The number of hydrogen-bond acceptors (Lipinski definition) is 1. The molecule has 1 rings (SSSR count). The van der Waals surface area contributed by atoms with Gasteiger partial charge in [0, 0.05) is 0 Å². The smallest absolute Gasteiger partial charge is 0.370 e. The van der Waals surface area contributed by atoms with Gasteiger partial charge >= 0.3 is 6.18 Å². The minimum absolute atomic E-state index is 0.0806. The molecule has 4 nitrogen and oxygen atoms in total. The van der Waals surface area contributed by atoms with Crippen LogP contribution in [-0.4, -0.2) is 11.9 Å². The Kier molecular flexibility index (Phi) is 4.65. The molecule has 0 aliphatic rings. The van der Waals surface area contributed by atoms with E-state index >= 15 is 0 Å². The second kappa shape index (κ2) is 5.70. The van der Waals surface area contributed by atoms with Crippen LogP contribution in [0.25, 0.3) is 0 Å². The second-order valence-corrected chi connectivity index (χ2v) is 4.80. The summed E-state index contributed by atoms with van der Waals surface area (Å²) < 4.78 is 38.5. The van der Waals surface area contributed by atoms with Crippen LogP contribution in [0, 0.1) is 0 Å². The van der Waals surface area contributed by atoms with Gasteiger partial charge in [0.15, 0.2) is 5.96 Å². The number of carbonyl (C=O) groups is 1. The molecule has 0 atom stereocenters. The third kappa shape index (κ3) is 3.63. The molecule has 20 heavy (non-hydrogen) atoms. The number of alkyl halides is 3. The SMILES string of the molecule is CC(C)c1cc(C(F)(F)F)cc(C(=O)N=C(N)N)c1Cl. The highest BCUT2D eigenvalue weighted by Crippen LogP contribution is 2.36. The lowest BCUT2D eigenvalue weighted by Gasteiger charge is -2.15. The fourth-order valence-corrected chi connectivity index (χ4v) is 1.97. The Morgan fingerprint density at radius 2 is 1.85 bits per heavy atom. The highest BCUT2D eigenvalue weighted by molar-refractivity contribution is 6.35. The van der Waals surface area contributed by atoms with Crippen LogP contribution in [0.4, 0.5) is 13.2 Å². The van der Waals surface area contributed by atoms with Gasteiger partial charge in [-0.2, -0.15) is 18.2 Å². The van der Waals surface area contributed by atoms with Crippen molar-refractivity contribution in [1.82, 2.24) is 0 Å². The van der Waals surface area contributed by atoms with Crippen molar-refractivity contribution in [3.05, 3.63) is 33.8 Å². The minimum Gasteiger partial charge on any atom is -0.370 e. The molecule has 0 aliphatic heterocycles. The average Bonchev–Trinajstić information content (AvgIpc) is 2.25. The monoisotopic (exact) mass is 307 g/mol. The zero-order chi connectivity index (χ0) is 15.7. The maximum absolute atomic E-state index is 12.8. The van der Waals surface area contributed by atoms with Gasteiger partial charge in [0.1, 0.15) is 0 Å². The van der Waals surface area contributed by atoms with E-state index in [0.717, 1.165) is 6.07 Å². The fraction of sp³-hybridized carbons (Fsp3) is 0.333. The summed E-state index contributed by atoms with van der Waals surface area (Å²) in [7, 11) is 0. The summed E-state index contributed by atoms with van der Waals surface area (Å²) >= 11 is 5.97. The molecule has 1 aromatic carbocycles. The minimum atomic E-state index is -4.60. The lowest BCUT2D eigenvalue weighted by Crippen LogP contribution is -2.24. The molecule has 0 bridgehead atoms. The van der Waals surface area contributed by atoms with Crippen LogP contribution >= 0.6 is 11.6 Å². The lowest BCUT2D eigenvalue weighted by molar-refractivity contribution is -0.137. The van der Waals surface area contributed by atoms with Crippen LogP contribution in [-0.2, 0) is 6.18 Å². The number of halogens is 4. The van der Waals surface area contributed by atoms with E-state index in [0.29, 0.717) is 6.07 Å². The number of benzene rings is 1. The third-order valence-corrected chi connectivity index (χ3v) is 2.93. The molecule has 110 valence electrons. The van der Waals surface area contributed by atoms with Gasteiger partial charge in [-0.15, -0.1) is 0 Å². The zero-order valence-electron chi connectivity index (χ0n) is 10.8. The van der Waals surface area contributed by atoms with Gasteiger partial charge in [-0.05, 0) is 23.6 Å². The molecule has 1 aromatic rings. The lowest BCUT2D eigenvalue weighted by atomic mass is 9.97. The van der Waals surface area contributed by atoms with Crippen LogP contribution < -0.4 is 11.5 Å². The average molecular weight is 308 g/mol. The standard InChI is InChI=1S/C12H13ClF3N3O/c1-5(2)7-3-6(12(14,15)16)4-8(9(7)13)10(20)19-11(17)18/h3-5H,1-2H3,(H4,17,18,19,20). The number of nitrogens with two attached hydrogens (primary N) is 2. The van der Waals surface area contributed by atoms with Crippen LogP contribution in [0.2, 0.25) is 5.02 Å². The highest BCUT2D eigenvalue weighted by atomic mass is 35.5. The Balaban J connectivity index is 3.55. The van der Waals surface area contributed by atoms with Crippen molar-refractivity contribution in [3.8, 4) is 0 Å². The van der Waals surface area contributed by atoms with Crippen LogP contribution in [0.3, 0.4) is 0 Å². The van der Waals surface area contributed by atoms with Gasteiger partial charge in [0.2, 0.25) is 0 Å². The van der Waals surface area contributed by atoms with Crippen molar-refractivity contribution in [2.75, 3.05) is 0 Å². The van der Waals surface area contributed by atoms with Crippen LogP contribution in [0.1, 0.15) is 41.3 Å². The summed E-state index contributed by atoms with van der Waals surface area (Å²) in [5, 5.41) is -0.0806. The van der Waals surface area contributed by atoms with E-state index in [4.69, 9.17) is 23.1 Å². The number of nitrogens with zero attached hydrogens (tertiary/aromatic N) is 1. The Bertz CT molecular complexity index is 564. The first-order valence-electron chi connectivity index (χ1n) is 5.58. The normalized spacial score (nSPS) is 11.6. The van der Waals surface area contributed by atoms with Gasteiger partial charge in [0.05, 0.1) is 16.1 Å². The van der Waals surface area contributed by atoms with Gasteiger partial charge in [-0.3, -0.25) is 4.79 Å². The number of hydrogen-bond donors (Lipinski definition) is 2. The Labute approximate surface area is 118 Å². The molecule has 0 radical (unpaired) electrons. The molecule has 0 saturated carbocycles. The van der Waals surface area contributed by atoms with Crippen molar-refractivity contribution in [2.24, 2.45) is 16.5 Å². The van der Waals surface area contributed by atoms with Crippen molar-refractivity contribution < 1.29 is 18.0 Å². The largest absolute Gasteiger partial charge is 0.416 e. The predicted molar refractivity (Wildman–Crippen MR) is 70.7 cm³/mol. The van der Waals surface area contributed by atoms with Crippen LogP contribution in [0.15, 0.2) is 17.1 Å². The van der Waals surface area contributed by atoms with Crippen molar-refractivity contribution in [1.29, 1.82) is 0 Å². The molecule has 4 N–H and O–H groups in total. The van der Waals surface area contributed by atoms with Crippen molar-refractivity contribution in [2.45, 2.75) is 25.9 Å². The maximum Gasteiger partial charge on any atom is 0.416 e. The number of amides is 1. The molecule has 8 heteroatoms. The van der Waals surface area contributed by atoms with Gasteiger partial charge in [0.25, 0.3) is 5.91 Å². The summed E-state index contributed by atoms with van der Waals surface area (Å²) in [5.74, 6) is -1.85. The Morgan fingerprint density at radius 1 is 1.30 bits per heavy atom. The third-order valence-electron chi connectivity index (χ3n) is 2.51. The zero-order valence-corrected chi connectivity index (χ0v) is 11.5. The first kappa shape index (κ1) is 16.3. The quantitative estimate of drug-likeness (QED) is 0.651. The summed E-state index contributed by atoms with van der Waals surface area (Å²) in [6.45, 7) is 3.33. The number of guanidine groups is 1. The number of rotatable bonds is 2. The molecular formula is C12H13ClF3N3O. The maximum atomic E-state index is 12.8. The van der Waals surface area contributed by atoms with E-state index in [9.17, 15) is 18.0 Å².